The summed E-state index contributed by atoms with van der Waals surface area (Å²) in [5, 5.41) is 3.45. The predicted octanol–water partition coefficient (Wildman–Crippen LogP) is 2.57. The minimum absolute atomic E-state index is 0. The molecule has 8 nitrogen and oxygen atoms in total. The van der Waals surface area contributed by atoms with Gasteiger partial charge in [0.15, 0.2) is 5.96 Å². The van der Waals surface area contributed by atoms with Crippen LogP contribution in [-0.4, -0.2) is 65.6 Å². The van der Waals surface area contributed by atoms with Crippen LogP contribution in [0.2, 0.25) is 0 Å². The number of nitrogens with zero attached hydrogens (tertiary/aromatic N) is 6. The highest BCUT2D eigenvalue weighted by Crippen LogP contribution is 2.15. The summed E-state index contributed by atoms with van der Waals surface area (Å²) in [7, 11) is 1.82. The van der Waals surface area contributed by atoms with Crippen molar-refractivity contribution in [2.24, 2.45) is 4.99 Å². The lowest BCUT2D eigenvalue weighted by molar-refractivity contribution is 0.294. The SMILES string of the molecule is CCCCOc1ncccc1CNC(=NC)N1CCN(c2ncccn2)CC1.I. The zero-order chi connectivity index (χ0) is 19.6. The molecular weight excluding hydrogens is 481 g/mol. The minimum atomic E-state index is 0. The maximum Gasteiger partial charge on any atom is 0.225 e. The highest BCUT2D eigenvalue weighted by molar-refractivity contribution is 14.0. The molecule has 0 amide bonds. The van der Waals surface area contributed by atoms with Crippen molar-refractivity contribution in [1.29, 1.82) is 0 Å². The topological polar surface area (TPSA) is 78.8 Å². The Bertz CT molecular complexity index is 752. The van der Waals surface area contributed by atoms with Crippen molar-refractivity contribution in [2.45, 2.75) is 26.3 Å². The highest BCUT2D eigenvalue weighted by Gasteiger charge is 2.21. The maximum absolute atomic E-state index is 5.83. The fourth-order valence-corrected chi connectivity index (χ4v) is 3.08. The Morgan fingerprint density at radius 2 is 1.83 bits per heavy atom. The van der Waals surface area contributed by atoms with Crippen LogP contribution in [0.25, 0.3) is 0 Å². The zero-order valence-corrected chi connectivity index (χ0v) is 19.5. The van der Waals surface area contributed by atoms with Gasteiger partial charge in [-0.1, -0.05) is 19.4 Å². The molecule has 2 aromatic rings. The van der Waals surface area contributed by atoms with Crippen LogP contribution in [0.4, 0.5) is 5.95 Å². The van der Waals surface area contributed by atoms with E-state index in [9.17, 15) is 0 Å². The number of anilines is 1. The second-order valence-electron chi connectivity index (χ2n) is 6.59. The lowest BCUT2D eigenvalue weighted by Crippen LogP contribution is -2.52. The Kier molecular flexibility index (Phi) is 9.89. The Morgan fingerprint density at radius 3 is 2.52 bits per heavy atom. The summed E-state index contributed by atoms with van der Waals surface area (Å²) in [5.41, 5.74) is 1.04. The van der Waals surface area contributed by atoms with Crippen molar-refractivity contribution in [3.8, 4) is 5.88 Å². The Morgan fingerprint density at radius 1 is 1.10 bits per heavy atom. The maximum atomic E-state index is 5.83. The van der Waals surface area contributed by atoms with Gasteiger partial charge < -0.3 is 19.9 Å². The first-order valence-corrected chi connectivity index (χ1v) is 9.86. The summed E-state index contributed by atoms with van der Waals surface area (Å²) in [6.07, 6.45) is 7.46. The summed E-state index contributed by atoms with van der Waals surface area (Å²) in [6.45, 7) is 6.93. The molecule has 0 unspecified atom stereocenters. The van der Waals surface area contributed by atoms with Crippen LogP contribution in [0.3, 0.4) is 0 Å². The molecule has 0 bridgehead atoms. The summed E-state index contributed by atoms with van der Waals surface area (Å²) < 4.78 is 5.83. The standard InChI is InChI=1S/C20H29N7O.HI/c1-3-4-15-28-18-17(7-5-8-22-18)16-25-19(21-2)26-11-13-27(14-12-26)20-23-9-6-10-24-20;/h5-10H,3-4,11-16H2,1-2H3,(H,21,25);1H. The van der Waals surface area contributed by atoms with E-state index in [1.807, 2.05) is 25.2 Å². The van der Waals surface area contributed by atoms with Gasteiger partial charge >= 0.3 is 0 Å². The third-order valence-corrected chi connectivity index (χ3v) is 4.65. The van der Waals surface area contributed by atoms with Gasteiger partial charge in [-0.2, -0.15) is 0 Å². The number of aliphatic imine (C=N–C) groups is 1. The number of unbranched alkanes of at least 4 members (excludes halogenated alkanes) is 1. The predicted molar refractivity (Wildman–Crippen MR) is 126 cm³/mol. The number of guanidine groups is 1. The number of hydrogen-bond acceptors (Lipinski definition) is 6. The van der Waals surface area contributed by atoms with Crippen LogP contribution < -0.4 is 15.0 Å². The molecule has 158 valence electrons. The first kappa shape index (κ1) is 23.1. The van der Waals surface area contributed by atoms with E-state index in [1.165, 1.54) is 0 Å². The number of hydrogen-bond donors (Lipinski definition) is 1. The van der Waals surface area contributed by atoms with Gasteiger partial charge in [-0.15, -0.1) is 24.0 Å². The summed E-state index contributed by atoms with van der Waals surface area (Å²) in [5.74, 6) is 2.37. The van der Waals surface area contributed by atoms with Crippen LogP contribution >= 0.6 is 24.0 Å². The van der Waals surface area contributed by atoms with E-state index in [0.717, 1.165) is 56.5 Å². The van der Waals surface area contributed by atoms with Crippen LogP contribution in [0.5, 0.6) is 5.88 Å². The zero-order valence-electron chi connectivity index (χ0n) is 17.1. The van der Waals surface area contributed by atoms with Crippen molar-refractivity contribution < 1.29 is 4.74 Å². The molecule has 3 heterocycles. The lowest BCUT2D eigenvalue weighted by atomic mass is 10.2. The molecule has 2 aromatic heterocycles. The van der Waals surface area contributed by atoms with Crippen molar-refractivity contribution in [1.82, 2.24) is 25.2 Å². The smallest absolute Gasteiger partial charge is 0.225 e. The molecule has 0 radical (unpaired) electrons. The third-order valence-electron chi connectivity index (χ3n) is 4.65. The Balaban J connectivity index is 0.00000300. The molecule has 0 aromatic carbocycles. The van der Waals surface area contributed by atoms with Gasteiger partial charge in [-0.3, -0.25) is 4.99 Å². The highest BCUT2D eigenvalue weighted by atomic mass is 127. The van der Waals surface area contributed by atoms with Gasteiger partial charge in [0.2, 0.25) is 11.8 Å². The number of pyridine rings is 1. The fourth-order valence-electron chi connectivity index (χ4n) is 3.08. The van der Waals surface area contributed by atoms with Crippen molar-refractivity contribution >= 4 is 35.9 Å². The molecule has 1 N–H and O–H groups in total. The lowest BCUT2D eigenvalue weighted by Gasteiger charge is -2.36. The number of piperazine rings is 1. The molecule has 1 saturated heterocycles. The molecule has 0 spiro atoms. The molecule has 0 saturated carbocycles. The van der Waals surface area contributed by atoms with E-state index >= 15 is 0 Å². The molecule has 0 atom stereocenters. The van der Waals surface area contributed by atoms with Gasteiger partial charge in [0, 0.05) is 63.9 Å². The van der Waals surface area contributed by atoms with Gasteiger partial charge in [0.05, 0.1) is 6.61 Å². The van der Waals surface area contributed by atoms with Gasteiger partial charge in [-0.05, 0) is 18.6 Å². The summed E-state index contributed by atoms with van der Waals surface area (Å²) in [4.78, 5) is 22.0. The average molecular weight is 511 g/mol. The van der Waals surface area contributed by atoms with Crippen LogP contribution in [-0.2, 0) is 6.54 Å². The number of ether oxygens (including phenoxy) is 1. The molecule has 9 heteroatoms. The monoisotopic (exact) mass is 511 g/mol. The first-order valence-electron chi connectivity index (χ1n) is 9.86. The largest absolute Gasteiger partial charge is 0.477 e. The second-order valence-corrected chi connectivity index (χ2v) is 6.59. The number of aromatic nitrogens is 3. The second kappa shape index (κ2) is 12.4. The van der Waals surface area contributed by atoms with E-state index in [0.29, 0.717) is 19.0 Å². The molecular formula is C20H30IN7O. The van der Waals surface area contributed by atoms with Crippen molar-refractivity contribution in [3.05, 3.63) is 42.4 Å². The number of halogens is 1. The Labute approximate surface area is 189 Å². The van der Waals surface area contributed by atoms with Crippen molar-refractivity contribution in [2.75, 3.05) is 44.7 Å². The molecule has 1 aliphatic rings. The minimum Gasteiger partial charge on any atom is -0.477 e. The van der Waals surface area contributed by atoms with E-state index in [4.69, 9.17) is 4.74 Å². The van der Waals surface area contributed by atoms with E-state index in [2.05, 4.69) is 42.0 Å². The fraction of sp³-hybridized carbons (Fsp3) is 0.500. The normalized spacial score (nSPS) is 14.3. The van der Waals surface area contributed by atoms with E-state index in [-0.39, 0.29) is 24.0 Å². The molecule has 1 fully saturated rings. The van der Waals surface area contributed by atoms with Crippen molar-refractivity contribution in [3.63, 3.8) is 0 Å². The molecule has 3 rings (SSSR count). The van der Waals surface area contributed by atoms with Gasteiger partial charge in [0.1, 0.15) is 0 Å². The third kappa shape index (κ3) is 6.69. The van der Waals surface area contributed by atoms with Crippen LogP contribution in [0, 0.1) is 0 Å². The quantitative estimate of drug-likeness (QED) is 0.265. The molecule has 0 aliphatic carbocycles. The number of rotatable bonds is 7. The van der Waals surface area contributed by atoms with Crippen LogP contribution in [0.15, 0.2) is 41.8 Å². The first-order chi connectivity index (χ1) is 13.8. The molecule has 1 aliphatic heterocycles. The van der Waals surface area contributed by atoms with Crippen LogP contribution in [0.1, 0.15) is 25.3 Å². The van der Waals surface area contributed by atoms with Gasteiger partial charge in [-0.25, -0.2) is 15.0 Å². The summed E-state index contributed by atoms with van der Waals surface area (Å²) >= 11 is 0. The summed E-state index contributed by atoms with van der Waals surface area (Å²) in [6, 6.07) is 5.81. The van der Waals surface area contributed by atoms with E-state index in [1.54, 1.807) is 18.6 Å². The van der Waals surface area contributed by atoms with E-state index < -0.39 is 0 Å². The average Bonchev–Trinajstić information content (AvgIpc) is 2.76. The van der Waals surface area contributed by atoms with Gasteiger partial charge in [0.25, 0.3) is 0 Å². The Hall–Kier alpha value is -2.17. The molecule has 29 heavy (non-hydrogen) atoms. The number of nitrogens with one attached hydrogen (secondary N) is 1.